The Balaban J connectivity index is 0.933. The second-order valence-electron chi connectivity index (χ2n) is 18.5. The highest BCUT2D eigenvalue weighted by Crippen LogP contribution is 2.25. The van der Waals surface area contributed by atoms with E-state index in [0.29, 0.717) is 36.5 Å². The Morgan fingerprint density at radius 3 is 1.57 bits per heavy atom. The molecule has 8 N–H and O–H groups in total. The zero-order valence-electron chi connectivity index (χ0n) is 42.5. The van der Waals surface area contributed by atoms with E-state index < -0.39 is 41.5 Å². The summed E-state index contributed by atoms with van der Waals surface area (Å²) in [7, 11) is 13.7. The molecule has 0 aliphatic heterocycles. The largest absolute Gasteiger partial charge is 0.351 e. The van der Waals surface area contributed by atoms with Gasteiger partial charge in [0.15, 0.2) is 17.5 Å². The molecular weight excluding hydrogens is 957 g/mol. The molecule has 0 bridgehead atoms. The molecule has 1 aliphatic carbocycles. The second-order valence-corrected chi connectivity index (χ2v) is 18.5. The maximum atomic E-state index is 13.9. The van der Waals surface area contributed by atoms with Gasteiger partial charge >= 0.3 is 0 Å². The lowest BCUT2D eigenvalue weighted by Gasteiger charge is -2.20. The molecule has 6 aromatic rings. The fraction of sp³-hybridized carbons (Fsp3) is 0.396. The van der Waals surface area contributed by atoms with Crippen molar-refractivity contribution in [3.05, 3.63) is 96.1 Å². The molecule has 1 atom stereocenters. The minimum Gasteiger partial charge on any atom is -0.351 e. The third-order valence-corrected chi connectivity index (χ3v) is 12.3. The molecule has 1 unspecified atom stereocenters. The van der Waals surface area contributed by atoms with Gasteiger partial charge < -0.3 is 74.8 Å². The van der Waals surface area contributed by atoms with E-state index in [2.05, 4.69) is 57.5 Å². The third-order valence-electron chi connectivity index (χ3n) is 12.3. The number of carbonyl (C=O) groups is 8. The number of aryl methyl sites for hydroxylation is 6. The van der Waals surface area contributed by atoms with Crippen molar-refractivity contribution < 1.29 is 38.4 Å². The van der Waals surface area contributed by atoms with Gasteiger partial charge in [0, 0.05) is 105 Å². The Kier molecular flexibility index (Phi) is 16.6. The summed E-state index contributed by atoms with van der Waals surface area (Å²) >= 11 is 0. The molecule has 0 radical (unpaired) electrons. The van der Waals surface area contributed by atoms with E-state index in [9.17, 15) is 38.4 Å². The first-order chi connectivity index (χ1) is 35.2. The van der Waals surface area contributed by atoms with Gasteiger partial charge in [-0.3, -0.25) is 38.4 Å². The summed E-state index contributed by atoms with van der Waals surface area (Å²) in [5.41, 5.74) is 1.69. The Hall–Kier alpha value is -8.81. The Labute approximate surface area is 425 Å². The number of hydrogen-bond donors (Lipinski definition) is 8. The van der Waals surface area contributed by atoms with Gasteiger partial charge in [-0.05, 0) is 64.5 Å². The molecule has 6 heterocycles. The topological polar surface area (TPSA) is 304 Å². The van der Waals surface area contributed by atoms with Crippen molar-refractivity contribution in [2.24, 2.45) is 48.2 Å². The molecule has 26 heteroatoms. The van der Waals surface area contributed by atoms with Gasteiger partial charge in [0.25, 0.3) is 35.4 Å². The minimum absolute atomic E-state index is 0.00954. The van der Waals surface area contributed by atoms with Crippen LogP contribution in [0.25, 0.3) is 0 Å². The average molecular weight is 1020 g/mol. The van der Waals surface area contributed by atoms with Crippen LogP contribution < -0.4 is 42.5 Å². The van der Waals surface area contributed by atoms with Gasteiger partial charge in [0.05, 0.1) is 17.1 Å². The molecule has 0 spiro atoms. The van der Waals surface area contributed by atoms with Gasteiger partial charge in [-0.15, -0.1) is 0 Å². The van der Waals surface area contributed by atoms with Crippen molar-refractivity contribution in [3.8, 4) is 0 Å². The van der Waals surface area contributed by atoms with Gasteiger partial charge in [0.1, 0.15) is 23.1 Å². The molecule has 0 saturated heterocycles. The molecule has 1 aliphatic rings. The number of rotatable bonds is 21. The van der Waals surface area contributed by atoms with Crippen molar-refractivity contribution in [3.63, 3.8) is 0 Å². The van der Waals surface area contributed by atoms with Crippen molar-refractivity contribution in [1.29, 1.82) is 0 Å². The van der Waals surface area contributed by atoms with E-state index in [0.717, 1.165) is 25.8 Å². The SMILES string of the molecule is CN(C)CCCNC(=O)c1cc(NC(=O)c2nc(NC(=O)c3cc(NC(=O)C(CCNC(=O)c4nc(NC(=O)c5cc(NC(=O)c6nccn6C)cn5C)cn4C)NC(=O)C4CCCC4)cn3C)cn2C)cn1C. The summed E-state index contributed by atoms with van der Waals surface area (Å²) in [6, 6.07) is 3.41. The van der Waals surface area contributed by atoms with Crippen LogP contribution in [-0.4, -0.2) is 134 Å². The number of nitrogens with one attached hydrogen (secondary N) is 8. The van der Waals surface area contributed by atoms with Crippen LogP contribution in [0.1, 0.15) is 102 Å². The van der Waals surface area contributed by atoms with E-state index in [1.165, 1.54) is 55.2 Å². The monoisotopic (exact) mass is 1020 g/mol. The first kappa shape index (κ1) is 53.0. The molecule has 7 rings (SSSR count). The second kappa shape index (κ2) is 23.2. The van der Waals surface area contributed by atoms with E-state index in [1.807, 2.05) is 19.0 Å². The predicted molar refractivity (Wildman–Crippen MR) is 273 cm³/mol. The number of anilines is 5. The van der Waals surface area contributed by atoms with Crippen LogP contribution in [-0.2, 0) is 51.9 Å². The van der Waals surface area contributed by atoms with Crippen molar-refractivity contribution >= 4 is 76.0 Å². The Morgan fingerprint density at radius 1 is 0.568 bits per heavy atom. The summed E-state index contributed by atoms with van der Waals surface area (Å²) in [6.45, 7) is 1.26. The van der Waals surface area contributed by atoms with Gasteiger partial charge in [0.2, 0.25) is 23.5 Å². The highest BCUT2D eigenvalue weighted by Gasteiger charge is 2.29. The Morgan fingerprint density at radius 2 is 1.05 bits per heavy atom. The number of nitrogens with zero attached hydrogens (tertiary/aromatic N) is 10. The summed E-state index contributed by atoms with van der Waals surface area (Å²) in [6.07, 6.45) is 14.7. The van der Waals surface area contributed by atoms with Crippen LogP contribution in [0.2, 0.25) is 0 Å². The molecule has 6 aromatic heterocycles. The lowest BCUT2D eigenvalue weighted by atomic mass is 10.1. The molecule has 26 nitrogen and oxygen atoms in total. The molecule has 8 amide bonds. The van der Waals surface area contributed by atoms with Crippen molar-refractivity contribution in [2.45, 2.75) is 44.6 Å². The van der Waals surface area contributed by atoms with Gasteiger partial charge in [-0.2, -0.15) is 0 Å². The minimum atomic E-state index is -1.09. The van der Waals surface area contributed by atoms with Crippen molar-refractivity contribution in [2.75, 3.05) is 60.3 Å². The molecular formula is C48H62N18O8. The zero-order chi connectivity index (χ0) is 53.4. The zero-order valence-corrected chi connectivity index (χ0v) is 42.5. The first-order valence-corrected chi connectivity index (χ1v) is 23.9. The van der Waals surface area contributed by atoms with E-state index in [4.69, 9.17) is 0 Å². The van der Waals surface area contributed by atoms with Crippen LogP contribution in [0.4, 0.5) is 28.7 Å². The lowest BCUT2D eigenvalue weighted by molar-refractivity contribution is -0.129. The summed E-state index contributed by atoms with van der Waals surface area (Å²) < 4.78 is 9.05. The van der Waals surface area contributed by atoms with E-state index in [-0.39, 0.29) is 76.9 Å². The smallest absolute Gasteiger partial charge is 0.291 e. The Bertz CT molecular complexity index is 3090. The molecule has 0 aromatic carbocycles. The molecule has 1 fully saturated rings. The first-order valence-electron chi connectivity index (χ1n) is 23.9. The normalized spacial score (nSPS) is 12.8. The maximum Gasteiger partial charge on any atom is 0.291 e. The van der Waals surface area contributed by atoms with Crippen molar-refractivity contribution in [1.82, 2.24) is 63.2 Å². The predicted octanol–water partition coefficient (Wildman–Crippen LogP) is 2.03. The molecule has 74 heavy (non-hydrogen) atoms. The number of carbonyl (C=O) groups excluding carboxylic acids is 8. The van der Waals surface area contributed by atoms with Crippen LogP contribution in [0.5, 0.6) is 0 Å². The highest BCUT2D eigenvalue weighted by molar-refractivity contribution is 6.08. The number of amides is 8. The maximum absolute atomic E-state index is 13.9. The van der Waals surface area contributed by atoms with Gasteiger partial charge in [-0.1, -0.05) is 12.8 Å². The van der Waals surface area contributed by atoms with Crippen LogP contribution in [0, 0.1) is 5.92 Å². The standard InChI is InChI=1S/C48H62N18O8/c1-60(2)18-11-15-50-43(69)33-20-30(24-62(33)4)54-48(74)40-57-37(27-66(40)8)59-44(70)34-21-29(23-63(34)5)52-42(68)32(55-41(67)28-12-9-10-13-28)14-16-51-46(72)39-56-36(26-65(39)7)58-45(71)35-22-31(25-64(35)6)53-47(73)38-49-17-19-61(38)3/h17,19-28,32H,9-16,18H2,1-8H3,(H,50,69)(H,51,72)(H,52,68)(H,53,73)(H,54,74)(H,55,67)(H,58,71)(H,59,70). The number of hydrogen-bond acceptors (Lipinski definition) is 12. The average Bonchev–Trinajstić information content (AvgIpc) is 4.22. The van der Waals surface area contributed by atoms with E-state index in [1.54, 1.807) is 76.1 Å². The highest BCUT2D eigenvalue weighted by atomic mass is 16.2. The quantitative estimate of drug-likeness (QED) is 0.0481. The lowest BCUT2D eigenvalue weighted by Crippen LogP contribution is -2.47. The van der Waals surface area contributed by atoms with Crippen LogP contribution in [0.3, 0.4) is 0 Å². The van der Waals surface area contributed by atoms with Crippen LogP contribution >= 0.6 is 0 Å². The fourth-order valence-corrected chi connectivity index (χ4v) is 8.44. The van der Waals surface area contributed by atoms with E-state index >= 15 is 0 Å². The summed E-state index contributed by atoms with van der Waals surface area (Å²) in [4.78, 5) is 121. The third kappa shape index (κ3) is 13.0. The van der Waals surface area contributed by atoms with Crippen LogP contribution in [0.15, 0.2) is 61.6 Å². The number of aromatic nitrogens is 9. The summed E-state index contributed by atoms with van der Waals surface area (Å²) in [5, 5.41) is 22.1. The van der Waals surface area contributed by atoms with Gasteiger partial charge in [-0.25, -0.2) is 15.0 Å². The number of imidazole rings is 3. The molecule has 392 valence electrons. The molecule has 1 saturated carbocycles. The summed E-state index contributed by atoms with van der Waals surface area (Å²) in [5.74, 6) is -3.88. The fourth-order valence-electron chi connectivity index (χ4n) is 8.44.